The Hall–Kier alpha value is -2.21. The quantitative estimate of drug-likeness (QED) is 0.844. The number of nitrogens with zero attached hydrogens (tertiary/aromatic N) is 2. The van der Waals surface area contributed by atoms with Gasteiger partial charge in [0.25, 0.3) is 11.8 Å². The van der Waals surface area contributed by atoms with E-state index in [2.05, 4.69) is 6.92 Å². The predicted octanol–water partition coefficient (Wildman–Crippen LogP) is 1.18. The fourth-order valence-corrected chi connectivity index (χ4v) is 3.48. The van der Waals surface area contributed by atoms with Crippen LogP contribution in [0.3, 0.4) is 0 Å². The lowest BCUT2D eigenvalue weighted by atomic mass is 9.90. The van der Waals surface area contributed by atoms with Gasteiger partial charge < -0.3 is 10.6 Å². The van der Waals surface area contributed by atoms with Gasteiger partial charge in [0.1, 0.15) is 6.04 Å². The average Bonchev–Trinajstić information content (AvgIpc) is 3.06. The van der Waals surface area contributed by atoms with E-state index < -0.39 is 11.9 Å². The van der Waals surface area contributed by atoms with Gasteiger partial charge in [0.2, 0.25) is 5.91 Å². The molecule has 0 spiro atoms. The molecule has 2 aliphatic rings. The molecule has 6 heteroatoms. The third kappa shape index (κ3) is 2.51. The zero-order chi connectivity index (χ0) is 17.6. The maximum atomic E-state index is 12.8. The van der Waals surface area contributed by atoms with Gasteiger partial charge in [-0.3, -0.25) is 19.3 Å². The molecule has 1 aromatic rings. The van der Waals surface area contributed by atoms with Crippen LogP contribution in [-0.4, -0.2) is 53.2 Å². The minimum Gasteiger partial charge on any atom is -0.340 e. The van der Waals surface area contributed by atoms with Crippen LogP contribution in [0, 0.1) is 12.3 Å². The molecule has 3 amide bonds. The van der Waals surface area contributed by atoms with Crippen molar-refractivity contribution in [2.24, 2.45) is 11.1 Å². The van der Waals surface area contributed by atoms with Gasteiger partial charge in [0.05, 0.1) is 11.1 Å². The molecule has 1 fully saturated rings. The van der Waals surface area contributed by atoms with Gasteiger partial charge in [-0.05, 0) is 44.4 Å². The third-order valence-corrected chi connectivity index (χ3v) is 5.18. The summed E-state index contributed by atoms with van der Waals surface area (Å²) in [4.78, 5) is 40.8. The lowest BCUT2D eigenvalue weighted by Gasteiger charge is -2.28. The van der Waals surface area contributed by atoms with Crippen LogP contribution in [0.5, 0.6) is 0 Å². The molecule has 6 nitrogen and oxygen atoms in total. The van der Waals surface area contributed by atoms with Gasteiger partial charge in [0.15, 0.2) is 0 Å². The van der Waals surface area contributed by atoms with Crippen LogP contribution in [-0.2, 0) is 4.79 Å². The normalized spacial score (nSPS) is 24.5. The first kappa shape index (κ1) is 16.6. The second-order valence-corrected chi connectivity index (χ2v) is 7.23. The molecular weight excluding hydrogens is 306 g/mol. The Kier molecular flexibility index (Phi) is 3.95. The zero-order valence-electron chi connectivity index (χ0n) is 14.3. The summed E-state index contributed by atoms with van der Waals surface area (Å²) in [5.74, 6) is -0.977. The van der Waals surface area contributed by atoms with Gasteiger partial charge in [-0.2, -0.15) is 0 Å². The van der Waals surface area contributed by atoms with Crippen LogP contribution in [0.15, 0.2) is 18.2 Å². The molecule has 24 heavy (non-hydrogen) atoms. The van der Waals surface area contributed by atoms with Crippen LogP contribution in [0.2, 0.25) is 0 Å². The first-order valence-corrected chi connectivity index (χ1v) is 8.25. The Morgan fingerprint density at radius 3 is 2.58 bits per heavy atom. The second-order valence-electron chi connectivity index (χ2n) is 7.23. The standard InChI is InChI=1S/C18H23N3O3/c1-11-4-5-13-14(8-11)17(24)21(16(13)23)12(2)15(22)20-7-6-18(3,9-19)10-20/h4-5,8,12H,6-7,9-10,19H2,1-3H3. The number of aryl methyl sites for hydroxylation is 1. The van der Waals surface area contributed by atoms with Gasteiger partial charge in [-0.1, -0.05) is 18.6 Å². The third-order valence-electron chi connectivity index (χ3n) is 5.18. The van der Waals surface area contributed by atoms with Gasteiger partial charge in [-0.15, -0.1) is 0 Å². The average molecular weight is 329 g/mol. The Morgan fingerprint density at radius 1 is 1.29 bits per heavy atom. The number of imide groups is 1. The van der Waals surface area contributed by atoms with Crippen molar-refractivity contribution in [1.82, 2.24) is 9.80 Å². The van der Waals surface area contributed by atoms with E-state index in [0.717, 1.165) is 16.9 Å². The zero-order valence-corrected chi connectivity index (χ0v) is 14.3. The highest BCUT2D eigenvalue weighted by Gasteiger charge is 2.44. The molecule has 2 aliphatic heterocycles. The van der Waals surface area contributed by atoms with Crippen molar-refractivity contribution in [3.63, 3.8) is 0 Å². The number of nitrogens with two attached hydrogens (primary N) is 1. The van der Waals surface area contributed by atoms with Crippen molar-refractivity contribution in [2.75, 3.05) is 19.6 Å². The maximum absolute atomic E-state index is 12.8. The number of hydrogen-bond acceptors (Lipinski definition) is 4. The predicted molar refractivity (Wildman–Crippen MR) is 89.5 cm³/mol. The monoisotopic (exact) mass is 329 g/mol. The van der Waals surface area contributed by atoms with E-state index in [1.165, 1.54) is 0 Å². The summed E-state index contributed by atoms with van der Waals surface area (Å²) < 4.78 is 0. The molecule has 1 saturated heterocycles. The number of benzene rings is 1. The van der Waals surface area contributed by atoms with E-state index in [9.17, 15) is 14.4 Å². The molecule has 1 aromatic carbocycles. The molecule has 0 radical (unpaired) electrons. The number of carbonyl (C=O) groups excluding carboxylic acids is 3. The van der Waals surface area contributed by atoms with Crippen molar-refractivity contribution >= 4 is 17.7 Å². The lowest BCUT2D eigenvalue weighted by molar-refractivity contribution is -0.134. The molecule has 128 valence electrons. The second kappa shape index (κ2) is 5.70. The van der Waals surface area contributed by atoms with Crippen molar-refractivity contribution in [3.8, 4) is 0 Å². The van der Waals surface area contributed by atoms with Crippen molar-refractivity contribution in [1.29, 1.82) is 0 Å². The topological polar surface area (TPSA) is 83.7 Å². The number of carbonyl (C=O) groups is 3. The molecule has 2 heterocycles. The van der Waals surface area contributed by atoms with E-state index in [1.807, 2.05) is 6.92 Å². The van der Waals surface area contributed by atoms with E-state index >= 15 is 0 Å². The van der Waals surface area contributed by atoms with Gasteiger partial charge >= 0.3 is 0 Å². The van der Waals surface area contributed by atoms with Crippen LogP contribution in [0.4, 0.5) is 0 Å². The summed E-state index contributed by atoms with van der Waals surface area (Å²) in [7, 11) is 0. The first-order chi connectivity index (χ1) is 11.3. The molecule has 0 bridgehead atoms. The summed E-state index contributed by atoms with van der Waals surface area (Å²) >= 11 is 0. The molecule has 3 rings (SSSR count). The van der Waals surface area contributed by atoms with E-state index in [-0.39, 0.29) is 17.2 Å². The number of hydrogen-bond donors (Lipinski definition) is 1. The van der Waals surface area contributed by atoms with Crippen LogP contribution < -0.4 is 5.73 Å². The van der Waals surface area contributed by atoms with Crippen molar-refractivity contribution in [3.05, 3.63) is 34.9 Å². The highest BCUT2D eigenvalue weighted by Crippen LogP contribution is 2.31. The van der Waals surface area contributed by atoms with Gasteiger partial charge in [-0.25, -0.2) is 0 Å². The molecule has 2 N–H and O–H groups in total. The summed E-state index contributed by atoms with van der Waals surface area (Å²) in [5, 5.41) is 0. The Morgan fingerprint density at radius 2 is 1.96 bits per heavy atom. The van der Waals surface area contributed by atoms with Crippen molar-refractivity contribution in [2.45, 2.75) is 33.2 Å². The lowest BCUT2D eigenvalue weighted by Crippen LogP contribution is -2.49. The molecule has 0 aliphatic carbocycles. The molecule has 0 aromatic heterocycles. The number of likely N-dealkylation sites (tertiary alicyclic amines) is 1. The Labute approximate surface area is 141 Å². The molecule has 0 saturated carbocycles. The summed E-state index contributed by atoms with van der Waals surface area (Å²) in [6.07, 6.45) is 0.837. The SMILES string of the molecule is Cc1ccc2c(c1)C(=O)N(C(C)C(=O)N1CCC(C)(CN)C1)C2=O. The van der Waals surface area contributed by atoms with Gasteiger partial charge in [0, 0.05) is 13.1 Å². The van der Waals surface area contributed by atoms with E-state index in [4.69, 9.17) is 5.73 Å². The highest BCUT2D eigenvalue weighted by atomic mass is 16.2. The fourth-order valence-electron chi connectivity index (χ4n) is 3.48. The van der Waals surface area contributed by atoms with Crippen molar-refractivity contribution < 1.29 is 14.4 Å². The fraction of sp³-hybridized carbons (Fsp3) is 0.500. The molecular formula is C18H23N3O3. The minimum absolute atomic E-state index is 0.0888. The summed E-state index contributed by atoms with van der Waals surface area (Å²) in [5.41, 5.74) is 7.37. The Bertz CT molecular complexity index is 730. The first-order valence-electron chi connectivity index (χ1n) is 8.25. The summed E-state index contributed by atoms with van der Waals surface area (Å²) in [6, 6.07) is 4.35. The minimum atomic E-state index is -0.808. The van der Waals surface area contributed by atoms with Crippen LogP contribution in [0.25, 0.3) is 0 Å². The largest absolute Gasteiger partial charge is 0.340 e. The number of fused-ring (bicyclic) bond motifs is 1. The summed E-state index contributed by atoms with van der Waals surface area (Å²) in [6.45, 7) is 7.23. The van der Waals surface area contributed by atoms with Crippen LogP contribution in [0.1, 0.15) is 46.5 Å². The molecule has 2 atom stereocenters. The van der Waals surface area contributed by atoms with E-state index in [1.54, 1.807) is 30.0 Å². The van der Waals surface area contributed by atoms with E-state index in [0.29, 0.717) is 30.8 Å². The Balaban J connectivity index is 1.81. The number of rotatable bonds is 3. The number of amides is 3. The maximum Gasteiger partial charge on any atom is 0.262 e. The highest BCUT2D eigenvalue weighted by molar-refractivity contribution is 6.22. The van der Waals surface area contributed by atoms with Crippen LogP contribution >= 0.6 is 0 Å². The molecule has 2 unspecified atom stereocenters. The smallest absolute Gasteiger partial charge is 0.262 e.